The Bertz CT molecular complexity index is 685. The first kappa shape index (κ1) is 19.3. The van der Waals surface area contributed by atoms with Gasteiger partial charge in [-0.25, -0.2) is 0 Å². The van der Waals surface area contributed by atoms with Crippen LogP contribution < -0.4 is 5.32 Å². The van der Waals surface area contributed by atoms with Gasteiger partial charge in [-0.15, -0.1) is 23.5 Å². The summed E-state index contributed by atoms with van der Waals surface area (Å²) >= 11 is 3.97. The fourth-order valence-electron chi connectivity index (χ4n) is 2.97. The van der Waals surface area contributed by atoms with Gasteiger partial charge in [0.05, 0.1) is 4.58 Å². The molecule has 0 spiro atoms. The van der Waals surface area contributed by atoms with Crippen LogP contribution >= 0.6 is 23.5 Å². The van der Waals surface area contributed by atoms with Crippen LogP contribution in [-0.4, -0.2) is 42.4 Å². The summed E-state index contributed by atoms with van der Waals surface area (Å²) in [6.45, 7) is 2.60. The van der Waals surface area contributed by atoms with Crippen molar-refractivity contribution in [2.75, 3.05) is 31.6 Å². The number of carbonyl (C=O) groups excluding carboxylic acids is 1. The molecule has 1 saturated heterocycles. The van der Waals surface area contributed by atoms with Gasteiger partial charge in [-0.3, -0.25) is 4.79 Å². The zero-order chi connectivity index (χ0) is 18.2. The van der Waals surface area contributed by atoms with Gasteiger partial charge in [-0.1, -0.05) is 42.5 Å². The van der Waals surface area contributed by atoms with E-state index >= 15 is 0 Å². The van der Waals surface area contributed by atoms with Crippen LogP contribution in [0.5, 0.6) is 0 Å². The molecule has 0 radical (unpaired) electrons. The SMILES string of the molecule is CN(CCCNC(=O)c1ccc(C2SCCS2)cc1)Cc1ccccc1. The van der Waals surface area contributed by atoms with E-state index in [0.29, 0.717) is 11.1 Å². The van der Waals surface area contributed by atoms with E-state index in [0.717, 1.165) is 25.1 Å². The topological polar surface area (TPSA) is 32.3 Å². The second-order valence-electron chi connectivity index (χ2n) is 6.53. The maximum Gasteiger partial charge on any atom is 0.251 e. The standard InChI is InChI=1S/C21H26N2OS2/c1-23(16-17-6-3-2-4-7-17)13-5-12-22-20(24)18-8-10-19(11-9-18)21-25-14-15-26-21/h2-4,6-11,21H,5,12-16H2,1H3,(H,22,24). The van der Waals surface area contributed by atoms with Gasteiger partial charge in [0.2, 0.25) is 0 Å². The molecule has 1 N–H and O–H groups in total. The van der Waals surface area contributed by atoms with Crippen molar-refractivity contribution >= 4 is 29.4 Å². The molecule has 1 fully saturated rings. The maximum atomic E-state index is 12.3. The molecule has 0 bridgehead atoms. The second kappa shape index (κ2) is 10.0. The Morgan fingerprint density at radius 3 is 2.46 bits per heavy atom. The number of nitrogens with zero attached hydrogens (tertiary/aromatic N) is 1. The summed E-state index contributed by atoms with van der Waals surface area (Å²) in [5, 5.41) is 3.03. The molecule has 1 amide bonds. The predicted octanol–water partition coefficient (Wildman–Crippen LogP) is 4.42. The van der Waals surface area contributed by atoms with E-state index < -0.39 is 0 Å². The van der Waals surface area contributed by atoms with E-state index in [1.54, 1.807) is 0 Å². The van der Waals surface area contributed by atoms with Crippen LogP contribution in [0.2, 0.25) is 0 Å². The monoisotopic (exact) mass is 386 g/mol. The van der Waals surface area contributed by atoms with Crippen molar-refractivity contribution in [3.63, 3.8) is 0 Å². The van der Waals surface area contributed by atoms with E-state index in [1.165, 1.54) is 22.6 Å². The van der Waals surface area contributed by atoms with E-state index in [9.17, 15) is 4.79 Å². The van der Waals surface area contributed by atoms with Crippen LogP contribution in [0.4, 0.5) is 0 Å². The molecule has 0 unspecified atom stereocenters. The lowest BCUT2D eigenvalue weighted by atomic mass is 10.1. The number of hydrogen-bond acceptors (Lipinski definition) is 4. The number of benzene rings is 2. The fraction of sp³-hybridized carbons (Fsp3) is 0.381. The maximum absolute atomic E-state index is 12.3. The van der Waals surface area contributed by atoms with Crippen molar-refractivity contribution in [2.24, 2.45) is 0 Å². The Morgan fingerprint density at radius 2 is 1.77 bits per heavy atom. The largest absolute Gasteiger partial charge is 0.352 e. The Kier molecular flexibility index (Phi) is 7.47. The Balaban J connectivity index is 1.37. The fourth-order valence-corrected chi connectivity index (χ4v) is 5.83. The van der Waals surface area contributed by atoms with Crippen molar-refractivity contribution < 1.29 is 4.79 Å². The Labute approximate surface area is 164 Å². The molecular formula is C21H26N2OS2. The lowest BCUT2D eigenvalue weighted by molar-refractivity contribution is 0.0952. The van der Waals surface area contributed by atoms with Gasteiger partial charge in [0.25, 0.3) is 5.91 Å². The highest BCUT2D eigenvalue weighted by atomic mass is 32.2. The molecule has 0 saturated carbocycles. The summed E-state index contributed by atoms with van der Waals surface area (Å²) in [4.78, 5) is 14.6. The summed E-state index contributed by atoms with van der Waals surface area (Å²) in [7, 11) is 2.12. The van der Waals surface area contributed by atoms with E-state index in [1.807, 2.05) is 41.7 Å². The number of amides is 1. The minimum absolute atomic E-state index is 0.0222. The van der Waals surface area contributed by atoms with E-state index in [2.05, 4.69) is 53.7 Å². The molecule has 1 aliphatic heterocycles. The van der Waals surface area contributed by atoms with Gasteiger partial charge in [0, 0.05) is 30.2 Å². The van der Waals surface area contributed by atoms with Crippen LogP contribution in [0.3, 0.4) is 0 Å². The predicted molar refractivity (Wildman–Crippen MR) is 114 cm³/mol. The van der Waals surface area contributed by atoms with Crippen molar-refractivity contribution in [3.8, 4) is 0 Å². The normalized spacial score (nSPS) is 14.7. The van der Waals surface area contributed by atoms with Crippen LogP contribution in [0, 0.1) is 0 Å². The minimum Gasteiger partial charge on any atom is -0.352 e. The lowest BCUT2D eigenvalue weighted by Gasteiger charge is -2.16. The van der Waals surface area contributed by atoms with Gasteiger partial charge in [0.1, 0.15) is 0 Å². The van der Waals surface area contributed by atoms with Crippen LogP contribution in [0.15, 0.2) is 54.6 Å². The van der Waals surface area contributed by atoms with Gasteiger partial charge in [0.15, 0.2) is 0 Å². The number of carbonyl (C=O) groups is 1. The molecule has 0 aromatic heterocycles. The summed E-state index contributed by atoms with van der Waals surface area (Å²) in [6.07, 6.45) is 0.947. The first-order valence-corrected chi connectivity index (χ1v) is 11.2. The van der Waals surface area contributed by atoms with E-state index in [-0.39, 0.29) is 5.91 Å². The third kappa shape index (κ3) is 5.79. The number of thioether (sulfide) groups is 2. The van der Waals surface area contributed by atoms with Crippen LogP contribution in [-0.2, 0) is 6.54 Å². The highest BCUT2D eigenvalue weighted by Gasteiger charge is 2.18. The first-order valence-electron chi connectivity index (χ1n) is 9.06. The quantitative estimate of drug-likeness (QED) is 0.681. The third-order valence-electron chi connectivity index (χ3n) is 4.36. The van der Waals surface area contributed by atoms with Crippen molar-refractivity contribution in [1.29, 1.82) is 0 Å². The summed E-state index contributed by atoms with van der Waals surface area (Å²) in [6, 6.07) is 18.6. The lowest BCUT2D eigenvalue weighted by Crippen LogP contribution is -2.28. The average molecular weight is 387 g/mol. The summed E-state index contributed by atoms with van der Waals surface area (Å²) in [5.74, 6) is 2.46. The van der Waals surface area contributed by atoms with E-state index in [4.69, 9.17) is 0 Å². The number of rotatable bonds is 8. The smallest absolute Gasteiger partial charge is 0.251 e. The molecule has 2 aromatic rings. The minimum atomic E-state index is 0.0222. The zero-order valence-electron chi connectivity index (χ0n) is 15.2. The molecule has 3 nitrogen and oxygen atoms in total. The van der Waals surface area contributed by atoms with Crippen LogP contribution in [0.1, 0.15) is 32.5 Å². The zero-order valence-corrected chi connectivity index (χ0v) is 16.8. The highest BCUT2D eigenvalue weighted by Crippen LogP contribution is 2.45. The van der Waals surface area contributed by atoms with Gasteiger partial charge < -0.3 is 10.2 Å². The Morgan fingerprint density at radius 1 is 1.08 bits per heavy atom. The second-order valence-corrected chi connectivity index (χ2v) is 9.25. The number of nitrogens with one attached hydrogen (secondary N) is 1. The summed E-state index contributed by atoms with van der Waals surface area (Å²) < 4.78 is 0.535. The van der Waals surface area contributed by atoms with Gasteiger partial charge in [-0.2, -0.15) is 0 Å². The Hall–Kier alpha value is -1.43. The average Bonchev–Trinajstić information content (AvgIpc) is 3.21. The molecule has 26 heavy (non-hydrogen) atoms. The molecule has 2 aromatic carbocycles. The van der Waals surface area contributed by atoms with Crippen molar-refractivity contribution in [3.05, 3.63) is 71.3 Å². The third-order valence-corrected chi connectivity index (χ3v) is 7.47. The number of hydrogen-bond donors (Lipinski definition) is 1. The van der Waals surface area contributed by atoms with Gasteiger partial charge >= 0.3 is 0 Å². The highest BCUT2D eigenvalue weighted by molar-refractivity contribution is 8.19. The van der Waals surface area contributed by atoms with Crippen LogP contribution in [0.25, 0.3) is 0 Å². The summed E-state index contributed by atoms with van der Waals surface area (Å²) in [5.41, 5.74) is 3.38. The van der Waals surface area contributed by atoms with Crippen molar-refractivity contribution in [1.82, 2.24) is 10.2 Å². The molecule has 138 valence electrons. The molecular weight excluding hydrogens is 360 g/mol. The van der Waals surface area contributed by atoms with Crippen molar-refractivity contribution in [2.45, 2.75) is 17.5 Å². The molecule has 3 rings (SSSR count). The van der Waals surface area contributed by atoms with Gasteiger partial charge in [-0.05, 0) is 43.3 Å². The first-order chi connectivity index (χ1) is 12.7. The molecule has 0 atom stereocenters. The molecule has 5 heteroatoms. The molecule has 0 aliphatic carbocycles. The molecule has 1 aliphatic rings. The molecule has 1 heterocycles.